The maximum Gasteiger partial charge on any atom is 0.264 e. The van der Waals surface area contributed by atoms with Gasteiger partial charge in [-0.25, -0.2) is 0 Å². The predicted molar refractivity (Wildman–Crippen MR) is 311 cm³/mol. The minimum atomic E-state index is -0.0785. The number of rotatable bonds is 4. The molecule has 1 spiro atoms. The molecule has 14 rings (SSSR count). The second-order valence-corrected chi connectivity index (χ2v) is 27.3. The van der Waals surface area contributed by atoms with Gasteiger partial charge in [-0.3, -0.25) is 0 Å². The summed E-state index contributed by atoms with van der Waals surface area (Å²) in [6, 6.07) is 45.7. The molecule has 0 atom stereocenters. The Bertz CT molecular complexity index is 3310. The first-order valence-electron chi connectivity index (χ1n) is 28.7. The lowest BCUT2D eigenvalue weighted by Crippen LogP contribution is -2.60. The Morgan fingerprint density at radius 2 is 1.11 bits per heavy atom. The summed E-state index contributed by atoms with van der Waals surface area (Å²) in [5, 5.41) is 1.43. The lowest BCUT2D eigenvalue weighted by atomic mass is 9.36. The molecular formula is C68H75BN2S. The van der Waals surface area contributed by atoms with Crippen molar-refractivity contribution in [3.05, 3.63) is 148 Å². The first kappa shape index (κ1) is 45.6. The van der Waals surface area contributed by atoms with Crippen LogP contribution in [-0.2, 0) is 21.7 Å². The summed E-state index contributed by atoms with van der Waals surface area (Å²) in [6.45, 7) is 17.4. The molecule has 2 aliphatic heterocycles. The third-order valence-corrected chi connectivity index (χ3v) is 21.3. The number of anilines is 6. The molecule has 2 nitrogen and oxygen atoms in total. The third-order valence-electron chi connectivity index (χ3n) is 20.0. The van der Waals surface area contributed by atoms with Crippen molar-refractivity contribution in [3.63, 3.8) is 0 Å². The molecule has 6 aromatic carbocycles. The minimum absolute atomic E-state index is 0.0762. The predicted octanol–water partition coefficient (Wildman–Crippen LogP) is 18.0. The van der Waals surface area contributed by atoms with E-state index in [-0.39, 0.29) is 28.4 Å². The monoisotopic (exact) mass is 963 g/mol. The Morgan fingerprint density at radius 1 is 0.514 bits per heavy atom. The Labute approximate surface area is 435 Å². The summed E-state index contributed by atoms with van der Waals surface area (Å²) in [5.74, 6) is 1.28. The summed E-state index contributed by atoms with van der Waals surface area (Å²) in [5.41, 5.74) is 25.0. The van der Waals surface area contributed by atoms with Crippen molar-refractivity contribution in [2.45, 2.75) is 191 Å². The fourth-order valence-corrected chi connectivity index (χ4v) is 17.2. The smallest absolute Gasteiger partial charge is 0.264 e. The number of nitrogens with zero attached hydrogens (tertiary/aromatic N) is 2. The molecule has 366 valence electrons. The van der Waals surface area contributed by atoms with Gasteiger partial charge >= 0.3 is 0 Å². The second-order valence-electron chi connectivity index (χ2n) is 26.3. The highest BCUT2D eigenvalue weighted by atomic mass is 32.1. The number of thiophene rings is 1. The fraction of sp³-hybridized carbons (Fsp3) is 0.441. The van der Waals surface area contributed by atoms with E-state index in [0.717, 1.165) is 0 Å². The highest BCUT2D eigenvalue weighted by molar-refractivity contribution is 7.33. The van der Waals surface area contributed by atoms with E-state index >= 15 is 0 Å². The van der Waals surface area contributed by atoms with Gasteiger partial charge in [0.25, 0.3) is 6.71 Å². The van der Waals surface area contributed by atoms with Crippen molar-refractivity contribution >= 4 is 78.0 Å². The standard InChI is InChI=1S/C68H75BN2S/c1-65(2,3)47-38-59-62-60(39-47)71(48-28-25-45(26-29-48)43-19-11-8-12-20-43)63-52-41-55-56(67(6,7)36-35-66(55,4)5)42-61(52)72-64(63)69(62)57-32-27-46(44-21-13-9-14-22-44)37-58(57)70(59)49-30-31-51-50-23-15-16-24-53(50)68(54(51)40-49)33-17-10-18-34-68/h15-16,23-32,37-44H,8-14,17-22,33-36H2,1-7H3. The first-order valence-corrected chi connectivity index (χ1v) is 29.5. The van der Waals surface area contributed by atoms with Crippen LogP contribution in [0.4, 0.5) is 34.1 Å². The van der Waals surface area contributed by atoms with E-state index in [1.165, 1.54) is 197 Å². The largest absolute Gasteiger partial charge is 0.311 e. The number of benzene rings is 6. The van der Waals surface area contributed by atoms with Gasteiger partial charge < -0.3 is 9.80 Å². The molecule has 3 saturated carbocycles. The molecule has 0 saturated heterocycles. The number of hydrogen-bond donors (Lipinski definition) is 0. The van der Waals surface area contributed by atoms with Crippen molar-refractivity contribution in [1.29, 1.82) is 0 Å². The van der Waals surface area contributed by atoms with Crippen LogP contribution in [0.3, 0.4) is 0 Å². The van der Waals surface area contributed by atoms with Crippen LogP contribution in [0.1, 0.15) is 208 Å². The Hall–Kier alpha value is -5.06. The number of fused-ring (bicyclic) bond motifs is 12. The normalized spacial score (nSPS) is 20.7. The molecule has 0 N–H and O–H groups in total. The molecule has 3 fully saturated rings. The molecule has 0 amide bonds. The zero-order chi connectivity index (χ0) is 48.9. The molecule has 0 radical (unpaired) electrons. The van der Waals surface area contributed by atoms with Gasteiger partial charge in [0.15, 0.2) is 0 Å². The molecule has 0 unspecified atom stereocenters. The highest BCUT2D eigenvalue weighted by Crippen LogP contribution is 2.58. The Balaban J connectivity index is 1.06. The zero-order valence-electron chi connectivity index (χ0n) is 44.4. The lowest BCUT2D eigenvalue weighted by molar-refractivity contribution is 0.332. The van der Waals surface area contributed by atoms with Crippen LogP contribution in [0.2, 0.25) is 0 Å². The molecule has 72 heavy (non-hydrogen) atoms. The third kappa shape index (κ3) is 6.85. The zero-order valence-corrected chi connectivity index (χ0v) is 45.3. The average molecular weight is 963 g/mol. The van der Waals surface area contributed by atoms with Gasteiger partial charge in [0.05, 0.1) is 5.69 Å². The van der Waals surface area contributed by atoms with E-state index in [9.17, 15) is 0 Å². The summed E-state index contributed by atoms with van der Waals surface area (Å²) >= 11 is 2.10. The molecule has 4 heteroatoms. The van der Waals surface area contributed by atoms with Crippen LogP contribution in [0.5, 0.6) is 0 Å². The van der Waals surface area contributed by atoms with Crippen LogP contribution in [0.25, 0.3) is 21.2 Å². The van der Waals surface area contributed by atoms with Crippen LogP contribution >= 0.6 is 11.3 Å². The summed E-state index contributed by atoms with van der Waals surface area (Å²) in [6.07, 6.45) is 22.2. The van der Waals surface area contributed by atoms with E-state index in [1.807, 2.05) is 0 Å². The molecule has 7 aliphatic rings. The van der Waals surface area contributed by atoms with Crippen molar-refractivity contribution in [2.24, 2.45) is 0 Å². The van der Waals surface area contributed by atoms with Crippen LogP contribution in [0.15, 0.2) is 109 Å². The molecule has 1 aromatic heterocycles. The van der Waals surface area contributed by atoms with Gasteiger partial charge in [-0.2, -0.15) is 0 Å². The van der Waals surface area contributed by atoms with Gasteiger partial charge in [0.2, 0.25) is 0 Å². The Morgan fingerprint density at radius 3 is 1.81 bits per heavy atom. The summed E-state index contributed by atoms with van der Waals surface area (Å²) < 4.78 is 2.95. The van der Waals surface area contributed by atoms with E-state index in [1.54, 1.807) is 22.3 Å². The summed E-state index contributed by atoms with van der Waals surface area (Å²) in [7, 11) is 0. The van der Waals surface area contributed by atoms with Crippen LogP contribution in [-0.4, -0.2) is 6.71 Å². The van der Waals surface area contributed by atoms with E-state index in [0.29, 0.717) is 11.8 Å². The fourth-order valence-electron chi connectivity index (χ4n) is 15.8. The Kier molecular flexibility index (Phi) is 10.4. The number of hydrogen-bond acceptors (Lipinski definition) is 3. The SMILES string of the molecule is CC(C)(C)c1cc2c3c(c1)N(c1ccc(C4CCCCC4)cc1)c1c(sc4cc5c(cc14)C(C)(C)CCC5(C)C)B3c1ccc(C3CCCCC3)cc1N2c1ccc2c(c1)C1(CCCCC1)c1ccccc1-2. The highest BCUT2D eigenvalue weighted by Gasteiger charge is 2.49. The first-order chi connectivity index (χ1) is 34.8. The molecule has 5 aliphatic carbocycles. The van der Waals surface area contributed by atoms with Crippen LogP contribution < -0.4 is 25.5 Å². The molecule has 3 heterocycles. The second kappa shape index (κ2) is 16.5. The van der Waals surface area contributed by atoms with E-state index in [4.69, 9.17) is 0 Å². The van der Waals surface area contributed by atoms with E-state index < -0.39 is 0 Å². The average Bonchev–Trinajstić information content (AvgIpc) is 3.90. The van der Waals surface area contributed by atoms with Gasteiger partial charge in [-0.05, 0) is 195 Å². The van der Waals surface area contributed by atoms with Crippen molar-refractivity contribution in [1.82, 2.24) is 0 Å². The van der Waals surface area contributed by atoms with Crippen LogP contribution in [0, 0.1) is 0 Å². The van der Waals surface area contributed by atoms with Gasteiger partial charge in [0, 0.05) is 48.7 Å². The topological polar surface area (TPSA) is 6.48 Å². The maximum absolute atomic E-state index is 2.79. The minimum Gasteiger partial charge on any atom is -0.311 e. The maximum atomic E-state index is 2.79. The molecule has 7 aromatic rings. The lowest BCUT2D eigenvalue weighted by Gasteiger charge is -2.45. The quantitative estimate of drug-likeness (QED) is 0.162. The van der Waals surface area contributed by atoms with Gasteiger partial charge in [-0.1, -0.05) is 161 Å². The van der Waals surface area contributed by atoms with E-state index in [2.05, 4.69) is 179 Å². The molecule has 0 bridgehead atoms. The van der Waals surface area contributed by atoms with Crippen molar-refractivity contribution in [3.8, 4) is 11.1 Å². The van der Waals surface area contributed by atoms with Crippen molar-refractivity contribution < 1.29 is 0 Å². The summed E-state index contributed by atoms with van der Waals surface area (Å²) in [4.78, 5) is 5.56. The molecular weight excluding hydrogens is 888 g/mol. The van der Waals surface area contributed by atoms with Crippen molar-refractivity contribution in [2.75, 3.05) is 9.80 Å². The van der Waals surface area contributed by atoms with Gasteiger partial charge in [0.1, 0.15) is 0 Å². The van der Waals surface area contributed by atoms with Gasteiger partial charge in [-0.15, -0.1) is 11.3 Å².